The molecule has 26 heavy (non-hydrogen) atoms. The molecular formula is C20H23ClN4O. The lowest BCUT2D eigenvalue weighted by Crippen LogP contribution is -2.28. The summed E-state index contributed by atoms with van der Waals surface area (Å²) >= 11 is 5.90. The third kappa shape index (κ3) is 3.89. The van der Waals surface area contributed by atoms with Crippen molar-refractivity contribution in [3.8, 4) is 0 Å². The molecule has 1 N–H and O–H groups in total. The maximum Gasteiger partial charge on any atom is 0.203 e. The molecule has 0 aliphatic heterocycles. The third-order valence-electron chi connectivity index (χ3n) is 4.43. The summed E-state index contributed by atoms with van der Waals surface area (Å²) in [5.41, 5.74) is 2.85. The number of ketones is 1. The van der Waals surface area contributed by atoms with Gasteiger partial charge < -0.3 is 14.0 Å². The predicted octanol–water partition coefficient (Wildman–Crippen LogP) is 3.41. The fourth-order valence-corrected chi connectivity index (χ4v) is 3.22. The van der Waals surface area contributed by atoms with Gasteiger partial charge in [0.25, 0.3) is 0 Å². The van der Waals surface area contributed by atoms with Crippen LogP contribution in [0.3, 0.4) is 0 Å². The Labute approximate surface area is 157 Å². The summed E-state index contributed by atoms with van der Waals surface area (Å²) in [6.07, 6.45) is 0.947. The van der Waals surface area contributed by atoms with Gasteiger partial charge in [-0.3, -0.25) is 10.2 Å². The molecular weight excluding hydrogens is 348 g/mol. The smallest absolute Gasteiger partial charge is 0.203 e. The van der Waals surface area contributed by atoms with E-state index in [9.17, 15) is 4.79 Å². The molecule has 0 bridgehead atoms. The van der Waals surface area contributed by atoms with Gasteiger partial charge >= 0.3 is 0 Å². The molecule has 2 aromatic carbocycles. The molecule has 0 aliphatic rings. The summed E-state index contributed by atoms with van der Waals surface area (Å²) in [5, 5.41) is 9.19. The number of nitrogens with zero attached hydrogens (tertiary/aromatic N) is 3. The summed E-state index contributed by atoms with van der Waals surface area (Å²) in [7, 11) is 4.08. The van der Waals surface area contributed by atoms with Gasteiger partial charge in [0.2, 0.25) is 5.62 Å². The average Bonchev–Trinajstić information content (AvgIpc) is 2.88. The van der Waals surface area contributed by atoms with Crippen molar-refractivity contribution in [3.05, 3.63) is 64.7 Å². The van der Waals surface area contributed by atoms with Crippen molar-refractivity contribution in [1.29, 1.82) is 5.41 Å². The molecule has 0 saturated heterocycles. The third-order valence-corrected chi connectivity index (χ3v) is 4.68. The van der Waals surface area contributed by atoms with Crippen LogP contribution in [0.4, 0.5) is 0 Å². The van der Waals surface area contributed by atoms with Crippen LogP contribution in [0, 0.1) is 5.41 Å². The summed E-state index contributed by atoms with van der Waals surface area (Å²) in [6, 6.07) is 14.8. The van der Waals surface area contributed by atoms with Crippen LogP contribution in [-0.2, 0) is 13.1 Å². The van der Waals surface area contributed by atoms with Gasteiger partial charge in [0, 0.05) is 17.1 Å². The van der Waals surface area contributed by atoms with Crippen molar-refractivity contribution in [2.24, 2.45) is 0 Å². The minimum absolute atomic E-state index is 0.0311. The lowest BCUT2D eigenvalue weighted by Gasteiger charge is -2.10. The van der Waals surface area contributed by atoms with Gasteiger partial charge in [-0.25, -0.2) is 0 Å². The molecule has 6 heteroatoms. The summed E-state index contributed by atoms with van der Waals surface area (Å²) in [5.74, 6) is -0.0311. The van der Waals surface area contributed by atoms with Gasteiger partial charge in [0.05, 0.1) is 17.6 Å². The van der Waals surface area contributed by atoms with Gasteiger partial charge in [-0.1, -0.05) is 23.7 Å². The van der Waals surface area contributed by atoms with Gasteiger partial charge in [-0.15, -0.1) is 0 Å². The van der Waals surface area contributed by atoms with Crippen LogP contribution in [0.1, 0.15) is 16.8 Å². The Hall–Kier alpha value is -2.37. The largest absolute Gasteiger partial charge is 0.310 e. The van der Waals surface area contributed by atoms with Crippen molar-refractivity contribution in [2.75, 3.05) is 20.6 Å². The number of nitrogens with one attached hydrogen (secondary N) is 1. The molecule has 0 spiro atoms. The number of carbonyl (C=O) groups is 1. The van der Waals surface area contributed by atoms with Crippen molar-refractivity contribution < 1.29 is 4.79 Å². The molecule has 0 unspecified atom stereocenters. The first kappa shape index (κ1) is 18.4. The Morgan fingerprint density at radius 2 is 1.65 bits per heavy atom. The van der Waals surface area contributed by atoms with Crippen LogP contribution in [0.15, 0.2) is 48.5 Å². The van der Waals surface area contributed by atoms with Crippen LogP contribution in [0.2, 0.25) is 5.02 Å². The van der Waals surface area contributed by atoms with Crippen molar-refractivity contribution in [1.82, 2.24) is 14.0 Å². The zero-order valence-electron chi connectivity index (χ0n) is 15.1. The standard InChI is InChI=1S/C20H23ClN4O/c1-23(2)12-5-13-24-17-6-3-4-7-18(17)25(20(24)22)14-19(26)15-8-10-16(21)11-9-15/h3-4,6-11,22H,5,12-14H2,1-2H3. The molecule has 0 radical (unpaired) electrons. The number of hydrogen-bond acceptors (Lipinski definition) is 3. The molecule has 3 aromatic rings. The van der Waals surface area contributed by atoms with Gasteiger partial charge in [0.1, 0.15) is 0 Å². The molecule has 0 atom stereocenters. The van der Waals surface area contributed by atoms with Crippen LogP contribution in [0.5, 0.6) is 0 Å². The number of benzene rings is 2. The Morgan fingerprint density at radius 3 is 2.27 bits per heavy atom. The summed E-state index contributed by atoms with van der Waals surface area (Å²) in [4.78, 5) is 14.8. The van der Waals surface area contributed by atoms with Crippen molar-refractivity contribution in [3.63, 3.8) is 0 Å². The van der Waals surface area contributed by atoms with E-state index in [0.717, 1.165) is 30.5 Å². The molecule has 1 aromatic heterocycles. The first-order valence-electron chi connectivity index (χ1n) is 8.63. The van der Waals surface area contributed by atoms with E-state index >= 15 is 0 Å². The first-order valence-corrected chi connectivity index (χ1v) is 9.01. The quantitative estimate of drug-likeness (QED) is 0.648. The SMILES string of the molecule is CN(C)CCCn1c(=N)n(CC(=O)c2ccc(Cl)cc2)c2ccccc21. The topological polar surface area (TPSA) is 54.0 Å². The number of Topliss-reactive ketones (excluding diaryl/α,β-unsaturated/α-hetero) is 1. The lowest BCUT2D eigenvalue weighted by molar-refractivity contribution is 0.0971. The zero-order chi connectivity index (χ0) is 18.7. The average molecular weight is 371 g/mol. The number of carbonyl (C=O) groups excluding carboxylic acids is 1. The molecule has 5 nitrogen and oxygen atoms in total. The second-order valence-electron chi connectivity index (χ2n) is 6.64. The van der Waals surface area contributed by atoms with Crippen LogP contribution in [0.25, 0.3) is 11.0 Å². The number of para-hydroxylation sites is 2. The Bertz CT molecular complexity index is 970. The van der Waals surface area contributed by atoms with E-state index in [1.807, 2.05) is 42.9 Å². The molecule has 136 valence electrons. The molecule has 1 heterocycles. The number of rotatable bonds is 7. The fourth-order valence-electron chi connectivity index (χ4n) is 3.10. The number of hydrogen-bond donors (Lipinski definition) is 1. The van der Waals surface area contributed by atoms with E-state index in [-0.39, 0.29) is 12.3 Å². The number of halogens is 1. The van der Waals surface area contributed by atoms with E-state index < -0.39 is 0 Å². The highest BCUT2D eigenvalue weighted by Crippen LogP contribution is 2.15. The van der Waals surface area contributed by atoms with E-state index in [0.29, 0.717) is 16.2 Å². The number of imidazole rings is 1. The Balaban J connectivity index is 1.93. The Morgan fingerprint density at radius 1 is 1.04 bits per heavy atom. The monoisotopic (exact) mass is 370 g/mol. The lowest BCUT2D eigenvalue weighted by atomic mass is 10.1. The maximum absolute atomic E-state index is 12.7. The van der Waals surface area contributed by atoms with E-state index in [4.69, 9.17) is 17.0 Å². The van der Waals surface area contributed by atoms with Crippen LogP contribution in [-0.4, -0.2) is 40.5 Å². The molecule has 0 amide bonds. The van der Waals surface area contributed by atoms with Gasteiger partial charge in [0.15, 0.2) is 5.78 Å². The van der Waals surface area contributed by atoms with Crippen molar-refractivity contribution >= 4 is 28.4 Å². The highest BCUT2D eigenvalue weighted by molar-refractivity contribution is 6.30. The highest BCUT2D eigenvalue weighted by Gasteiger charge is 2.14. The minimum atomic E-state index is -0.0311. The molecule has 0 fully saturated rings. The van der Waals surface area contributed by atoms with Crippen LogP contribution >= 0.6 is 11.6 Å². The Kier molecular flexibility index (Phi) is 5.59. The molecule has 0 aliphatic carbocycles. The number of aromatic nitrogens is 2. The molecule has 3 rings (SSSR count). The van der Waals surface area contributed by atoms with E-state index in [2.05, 4.69) is 4.90 Å². The van der Waals surface area contributed by atoms with Crippen molar-refractivity contribution in [2.45, 2.75) is 19.5 Å². The second kappa shape index (κ2) is 7.89. The number of fused-ring (bicyclic) bond motifs is 1. The maximum atomic E-state index is 12.7. The van der Waals surface area contributed by atoms with E-state index in [1.54, 1.807) is 28.8 Å². The fraction of sp³-hybridized carbons (Fsp3) is 0.300. The normalized spacial score (nSPS) is 11.4. The summed E-state index contributed by atoms with van der Waals surface area (Å²) < 4.78 is 3.76. The zero-order valence-corrected chi connectivity index (χ0v) is 15.8. The van der Waals surface area contributed by atoms with Gasteiger partial charge in [-0.2, -0.15) is 0 Å². The van der Waals surface area contributed by atoms with E-state index in [1.165, 1.54) is 0 Å². The number of aryl methyl sites for hydroxylation is 1. The second-order valence-corrected chi connectivity index (χ2v) is 7.07. The molecule has 0 saturated carbocycles. The first-order chi connectivity index (χ1) is 12.5. The predicted molar refractivity (Wildman–Crippen MR) is 105 cm³/mol. The van der Waals surface area contributed by atoms with Gasteiger partial charge in [-0.05, 0) is 63.5 Å². The highest BCUT2D eigenvalue weighted by atomic mass is 35.5. The van der Waals surface area contributed by atoms with Crippen LogP contribution < -0.4 is 5.62 Å². The summed E-state index contributed by atoms with van der Waals surface area (Å²) in [6.45, 7) is 1.84. The minimum Gasteiger partial charge on any atom is -0.310 e.